The van der Waals surface area contributed by atoms with Gasteiger partial charge in [-0.1, -0.05) is 80.8 Å². The smallest absolute Gasteiger partial charge is 0.337 e. The molecule has 4 heteroatoms. The van der Waals surface area contributed by atoms with Crippen molar-refractivity contribution in [2.24, 2.45) is 5.92 Å². The van der Waals surface area contributed by atoms with Crippen LogP contribution in [0.3, 0.4) is 0 Å². The van der Waals surface area contributed by atoms with Gasteiger partial charge in [-0.15, -0.1) is 0 Å². The molecule has 0 bridgehead atoms. The first-order valence-corrected chi connectivity index (χ1v) is 13.2. The van der Waals surface area contributed by atoms with Crippen LogP contribution < -0.4 is 4.74 Å². The largest absolute Gasteiger partial charge is 0.493 e. The van der Waals surface area contributed by atoms with E-state index in [4.69, 9.17) is 14.7 Å². The van der Waals surface area contributed by atoms with Gasteiger partial charge in [0.05, 0.1) is 30.9 Å². The number of para-hydroxylation sites is 1. The van der Waals surface area contributed by atoms with Gasteiger partial charge >= 0.3 is 5.97 Å². The summed E-state index contributed by atoms with van der Waals surface area (Å²) in [6.45, 7) is 2.95. The minimum absolute atomic E-state index is 0.289. The average molecular weight is 496 g/mol. The Kier molecular flexibility index (Phi) is 11.5. The summed E-state index contributed by atoms with van der Waals surface area (Å²) in [6, 6.07) is 25.8. The van der Waals surface area contributed by atoms with Crippen LogP contribution in [-0.2, 0) is 17.6 Å². The molecule has 0 fully saturated rings. The summed E-state index contributed by atoms with van der Waals surface area (Å²) in [4.78, 5) is 11.8. The topological polar surface area (TPSA) is 59.3 Å². The van der Waals surface area contributed by atoms with Crippen molar-refractivity contribution in [3.63, 3.8) is 0 Å². The molecule has 0 N–H and O–H groups in total. The molecule has 37 heavy (non-hydrogen) atoms. The molecule has 0 spiro atoms. The van der Waals surface area contributed by atoms with E-state index >= 15 is 0 Å². The molecule has 0 aliphatic carbocycles. The van der Waals surface area contributed by atoms with Gasteiger partial charge in [-0.3, -0.25) is 0 Å². The SMILES string of the molecule is CCCCCCOc1ccccc1C=CC(CCc1ccc(C#N)cc1)Cc1ccc(C(=O)OC)cc1. The molecule has 1 unspecified atom stereocenters. The van der Waals surface area contributed by atoms with Crippen LogP contribution in [-0.4, -0.2) is 19.7 Å². The molecular formula is C33H37NO3. The fourth-order valence-electron chi connectivity index (χ4n) is 4.26. The van der Waals surface area contributed by atoms with E-state index in [0.29, 0.717) is 11.1 Å². The number of benzene rings is 3. The van der Waals surface area contributed by atoms with Crippen molar-refractivity contribution in [2.45, 2.75) is 51.9 Å². The Morgan fingerprint density at radius 1 is 0.946 bits per heavy atom. The second-order valence-corrected chi connectivity index (χ2v) is 9.31. The standard InChI is InChI=1S/C33H37NO3/c1-3-4-5-8-23-37-32-10-7-6-9-30(32)20-17-27(14-11-26-12-15-29(25-34)16-13-26)24-28-18-21-31(22-19-28)33(35)36-2/h6-7,9-10,12-13,15-22,27H,3-5,8,11,14,23-24H2,1-2H3. The van der Waals surface area contributed by atoms with E-state index in [1.165, 1.54) is 37.5 Å². The van der Waals surface area contributed by atoms with Gasteiger partial charge in [-0.05, 0) is 73.1 Å². The molecule has 0 radical (unpaired) electrons. The van der Waals surface area contributed by atoms with Gasteiger partial charge < -0.3 is 9.47 Å². The lowest BCUT2D eigenvalue weighted by Gasteiger charge is -2.15. The number of allylic oxidation sites excluding steroid dienone is 1. The average Bonchev–Trinajstić information content (AvgIpc) is 2.95. The second-order valence-electron chi connectivity index (χ2n) is 9.31. The van der Waals surface area contributed by atoms with Crippen LogP contribution in [0.15, 0.2) is 78.9 Å². The van der Waals surface area contributed by atoms with E-state index < -0.39 is 0 Å². The zero-order chi connectivity index (χ0) is 26.3. The number of nitrogens with zero attached hydrogens (tertiary/aromatic N) is 1. The van der Waals surface area contributed by atoms with E-state index in [2.05, 4.69) is 31.2 Å². The molecule has 0 heterocycles. The first kappa shape index (κ1) is 27.7. The molecule has 0 saturated heterocycles. The van der Waals surface area contributed by atoms with Crippen molar-refractivity contribution >= 4 is 12.0 Å². The number of unbranched alkanes of at least 4 members (excludes halogenated alkanes) is 3. The van der Waals surface area contributed by atoms with Gasteiger partial charge in [0, 0.05) is 5.56 Å². The normalized spacial score (nSPS) is 11.7. The second kappa shape index (κ2) is 15.3. The number of ether oxygens (including phenoxy) is 2. The van der Waals surface area contributed by atoms with Crippen molar-refractivity contribution in [1.82, 2.24) is 0 Å². The molecule has 3 rings (SSSR count). The number of rotatable bonds is 14. The maximum Gasteiger partial charge on any atom is 0.337 e. The Balaban J connectivity index is 1.73. The zero-order valence-electron chi connectivity index (χ0n) is 22.0. The summed E-state index contributed by atoms with van der Waals surface area (Å²) < 4.78 is 10.9. The Morgan fingerprint density at radius 3 is 2.38 bits per heavy atom. The number of nitriles is 1. The van der Waals surface area contributed by atoms with Gasteiger partial charge in [0.2, 0.25) is 0 Å². The fourth-order valence-corrected chi connectivity index (χ4v) is 4.26. The molecule has 1 atom stereocenters. The van der Waals surface area contributed by atoms with Crippen molar-refractivity contribution in [3.05, 3.63) is 107 Å². The minimum atomic E-state index is -0.324. The Labute approximate surface area is 221 Å². The van der Waals surface area contributed by atoms with Crippen LogP contribution in [0.5, 0.6) is 5.75 Å². The summed E-state index contributed by atoms with van der Waals surface area (Å²) in [6.07, 6.45) is 11.9. The third kappa shape index (κ3) is 9.28. The fraction of sp³-hybridized carbons (Fsp3) is 0.333. The highest BCUT2D eigenvalue weighted by atomic mass is 16.5. The maximum atomic E-state index is 11.8. The lowest BCUT2D eigenvalue weighted by atomic mass is 9.91. The summed E-state index contributed by atoms with van der Waals surface area (Å²) in [5.41, 5.74) is 4.71. The van der Waals surface area contributed by atoms with E-state index in [1.807, 2.05) is 66.7 Å². The van der Waals surface area contributed by atoms with Crippen molar-refractivity contribution in [3.8, 4) is 11.8 Å². The van der Waals surface area contributed by atoms with Crippen LogP contribution in [0.25, 0.3) is 6.08 Å². The highest BCUT2D eigenvalue weighted by Gasteiger charge is 2.10. The first-order chi connectivity index (χ1) is 18.1. The molecule has 0 aliphatic rings. The van der Waals surface area contributed by atoms with Gasteiger partial charge in [-0.2, -0.15) is 5.26 Å². The minimum Gasteiger partial charge on any atom is -0.493 e. The molecule has 4 nitrogen and oxygen atoms in total. The number of carbonyl (C=O) groups excluding carboxylic acids is 1. The predicted molar refractivity (Wildman–Crippen MR) is 150 cm³/mol. The third-order valence-electron chi connectivity index (χ3n) is 6.48. The Bertz CT molecular complexity index is 1170. The number of esters is 1. The molecule has 192 valence electrons. The Hall–Kier alpha value is -3.84. The van der Waals surface area contributed by atoms with Crippen LogP contribution >= 0.6 is 0 Å². The molecule has 3 aromatic rings. The Morgan fingerprint density at radius 2 is 1.68 bits per heavy atom. The summed E-state index contributed by atoms with van der Waals surface area (Å²) in [5, 5.41) is 9.07. The molecule has 0 amide bonds. The summed E-state index contributed by atoms with van der Waals surface area (Å²) in [7, 11) is 1.40. The lowest BCUT2D eigenvalue weighted by Crippen LogP contribution is -2.05. The number of carbonyl (C=O) groups is 1. The summed E-state index contributed by atoms with van der Waals surface area (Å²) >= 11 is 0. The maximum absolute atomic E-state index is 11.8. The molecular weight excluding hydrogens is 458 g/mol. The highest BCUT2D eigenvalue weighted by Crippen LogP contribution is 2.24. The van der Waals surface area contributed by atoms with Gasteiger partial charge in [-0.25, -0.2) is 4.79 Å². The quantitative estimate of drug-likeness (QED) is 0.169. The lowest BCUT2D eigenvalue weighted by molar-refractivity contribution is 0.0600. The van der Waals surface area contributed by atoms with E-state index in [1.54, 1.807) is 0 Å². The number of hydrogen-bond acceptors (Lipinski definition) is 4. The molecule has 3 aromatic carbocycles. The monoisotopic (exact) mass is 495 g/mol. The molecule has 0 aromatic heterocycles. The molecule has 0 aliphatic heterocycles. The summed E-state index contributed by atoms with van der Waals surface area (Å²) in [5.74, 6) is 0.885. The van der Waals surface area contributed by atoms with Crippen LogP contribution in [0.1, 0.15) is 71.6 Å². The van der Waals surface area contributed by atoms with E-state index in [9.17, 15) is 4.79 Å². The van der Waals surface area contributed by atoms with Crippen LogP contribution in [0.4, 0.5) is 0 Å². The van der Waals surface area contributed by atoms with Gasteiger partial charge in [0.25, 0.3) is 0 Å². The molecule has 0 saturated carbocycles. The van der Waals surface area contributed by atoms with Crippen molar-refractivity contribution in [2.75, 3.05) is 13.7 Å². The first-order valence-electron chi connectivity index (χ1n) is 13.2. The van der Waals surface area contributed by atoms with Gasteiger partial charge in [0.15, 0.2) is 0 Å². The highest BCUT2D eigenvalue weighted by molar-refractivity contribution is 5.89. The third-order valence-corrected chi connectivity index (χ3v) is 6.48. The predicted octanol–water partition coefficient (Wildman–Crippen LogP) is 7.81. The number of aryl methyl sites for hydroxylation is 1. The van der Waals surface area contributed by atoms with Gasteiger partial charge in [0.1, 0.15) is 5.75 Å². The van der Waals surface area contributed by atoms with Crippen molar-refractivity contribution in [1.29, 1.82) is 5.26 Å². The zero-order valence-corrected chi connectivity index (χ0v) is 22.0. The van der Waals surface area contributed by atoms with Crippen LogP contribution in [0.2, 0.25) is 0 Å². The number of methoxy groups -OCH3 is 1. The van der Waals surface area contributed by atoms with E-state index in [0.717, 1.165) is 43.6 Å². The van der Waals surface area contributed by atoms with E-state index in [-0.39, 0.29) is 11.9 Å². The van der Waals surface area contributed by atoms with Crippen molar-refractivity contribution < 1.29 is 14.3 Å². The number of hydrogen-bond donors (Lipinski definition) is 0. The van der Waals surface area contributed by atoms with Crippen LogP contribution in [0, 0.1) is 17.2 Å².